The number of ether oxygens (including phenoxy) is 2. The lowest BCUT2D eigenvalue weighted by atomic mass is 9.84. The summed E-state index contributed by atoms with van der Waals surface area (Å²) in [4.78, 5) is 55.0. The number of alkyl halides is 2. The van der Waals surface area contributed by atoms with Crippen LogP contribution in [0.15, 0.2) is 35.4 Å². The first-order chi connectivity index (χ1) is 24.5. The highest BCUT2D eigenvalue weighted by Gasteiger charge is 2.49. The number of nitrogens with two attached hydrogens (primary N) is 1. The molecule has 1 saturated carbocycles. The van der Waals surface area contributed by atoms with Crippen molar-refractivity contribution in [3.8, 4) is 5.75 Å². The van der Waals surface area contributed by atoms with Crippen LogP contribution in [-0.4, -0.2) is 101 Å². The summed E-state index contributed by atoms with van der Waals surface area (Å²) in [6.45, 7) is -0.0929. The van der Waals surface area contributed by atoms with Crippen molar-refractivity contribution in [3.63, 3.8) is 0 Å². The largest absolute Gasteiger partial charge is 0.435 e. The summed E-state index contributed by atoms with van der Waals surface area (Å²) in [6, 6.07) is 0.959. The Kier molecular flexibility index (Phi) is 12.0. The molecule has 3 amide bonds. The van der Waals surface area contributed by atoms with Crippen molar-refractivity contribution < 1.29 is 51.0 Å². The number of Topliss-reactive ketones (excluding diaryl/α,β-unsaturated/α-hetero) is 1. The zero-order valence-corrected chi connectivity index (χ0v) is 29.8. The van der Waals surface area contributed by atoms with Gasteiger partial charge < -0.3 is 30.5 Å². The predicted octanol–water partition coefficient (Wildman–Crippen LogP) is 1.29. The van der Waals surface area contributed by atoms with E-state index in [1.807, 2.05) is 0 Å². The van der Waals surface area contributed by atoms with Gasteiger partial charge in [-0.2, -0.15) is 13.5 Å². The molecule has 0 bridgehead atoms. The number of nitrogens with one attached hydrogen (secondary N) is 2. The quantitative estimate of drug-likeness (QED) is 0.201. The second kappa shape index (κ2) is 15.9. The highest BCUT2D eigenvalue weighted by Crippen LogP contribution is 2.35. The summed E-state index contributed by atoms with van der Waals surface area (Å²) in [5.41, 5.74) is 2.59. The molecule has 52 heavy (non-hydrogen) atoms. The standard InChI is InChI=1S/C33H45F2N7O9S/c1-32(2,47)26-18-37-40-42(26)21-17-25(29(45)38-33(27(43)28(36)44)12-14-50-15-13-33)41(19-21)30(46)24(16-20-6-4-3-5-7-20)39-52(48,49)23-10-8-22(9-11-23)51-31(34)35/h8-11,18,20-21,24-25,31,39,47H,3-7,12-17,19H2,1-2H3,(H2,36,44)(H,38,45)/t21-,24?,25-/m0/s1. The lowest BCUT2D eigenvalue weighted by Crippen LogP contribution is -2.64. The van der Waals surface area contributed by atoms with Crippen LogP contribution in [0.4, 0.5) is 8.78 Å². The van der Waals surface area contributed by atoms with Gasteiger partial charge in [-0.25, -0.2) is 13.1 Å². The van der Waals surface area contributed by atoms with Gasteiger partial charge >= 0.3 is 6.61 Å². The van der Waals surface area contributed by atoms with Crippen LogP contribution in [0.3, 0.4) is 0 Å². The van der Waals surface area contributed by atoms with E-state index in [4.69, 9.17) is 10.5 Å². The van der Waals surface area contributed by atoms with Crippen LogP contribution >= 0.6 is 0 Å². The van der Waals surface area contributed by atoms with E-state index >= 15 is 0 Å². The summed E-state index contributed by atoms with van der Waals surface area (Å²) in [7, 11) is -4.42. The molecule has 16 nitrogen and oxygen atoms in total. The molecule has 1 aromatic heterocycles. The molecule has 1 aliphatic carbocycles. The Balaban J connectivity index is 1.50. The third kappa shape index (κ3) is 8.92. The predicted molar refractivity (Wildman–Crippen MR) is 178 cm³/mol. The lowest BCUT2D eigenvalue weighted by molar-refractivity contribution is -0.147. The van der Waals surface area contributed by atoms with E-state index < -0.39 is 69.4 Å². The summed E-state index contributed by atoms with van der Waals surface area (Å²) in [6.07, 6.45) is 5.64. The Labute approximate surface area is 299 Å². The molecule has 286 valence electrons. The van der Waals surface area contributed by atoms with Gasteiger partial charge in [-0.15, -0.1) is 5.10 Å². The van der Waals surface area contributed by atoms with Crippen molar-refractivity contribution in [2.24, 2.45) is 11.7 Å². The van der Waals surface area contributed by atoms with Gasteiger partial charge in [0.1, 0.15) is 29.0 Å². The molecule has 2 saturated heterocycles. The Morgan fingerprint density at radius 2 is 1.77 bits per heavy atom. The van der Waals surface area contributed by atoms with Gasteiger partial charge in [0.25, 0.3) is 5.91 Å². The van der Waals surface area contributed by atoms with Crippen molar-refractivity contribution in [2.45, 2.75) is 112 Å². The van der Waals surface area contributed by atoms with Gasteiger partial charge in [0.2, 0.25) is 27.6 Å². The first-order valence-electron chi connectivity index (χ1n) is 17.3. The average Bonchev–Trinajstić information content (AvgIpc) is 3.77. The first-order valence-corrected chi connectivity index (χ1v) is 18.7. The number of aliphatic hydroxyl groups is 1. The van der Waals surface area contributed by atoms with Crippen LogP contribution in [0.5, 0.6) is 5.75 Å². The van der Waals surface area contributed by atoms with Crippen LogP contribution in [0.1, 0.15) is 83.4 Å². The number of halogens is 2. The third-order valence-electron chi connectivity index (χ3n) is 10.0. The number of carbonyl (C=O) groups is 4. The normalized spacial score (nSPS) is 21.8. The Bertz CT molecular complexity index is 1720. The molecule has 5 rings (SSSR count). The molecular weight excluding hydrogens is 708 g/mol. The van der Waals surface area contributed by atoms with Crippen molar-refractivity contribution in [2.75, 3.05) is 19.8 Å². The fraction of sp³-hybridized carbons (Fsp3) is 0.636. The smallest absolute Gasteiger partial charge is 0.387 e. The molecule has 5 N–H and O–H groups in total. The molecule has 3 aliphatic rings. The number of hydrogen-bond acceptors (Lipinski definition) is 11. The van der Waals surface area contributed by atoms with Crippen molar-refractivity contribution in [1.82, 2.24) is 29.9 Å². The van der Waals surface area contributed by atoms with E-state index in [9.17, 15) is 41.5 Å². The van der Waals surface area contributed by atoms with Crippen molar-refractivity contribution in [3.05, 3.63) is 36.2 Å². The monoisotopic (exact) mass is 753 g/mol. The first kappa shape index (κ1) is 39.1. The van der Waals surface area contributed by atoms with E-state index in [-0.39, 0.29) is 62.0 Å². The number of carbonyl (C=O) groups excluding carboxylic acids is 4. The highest BCUT2D eigenvalue weighted by atomic mass is 32.2. The van der Waals surface area contributed by atoms with Crippen LogP contribution < -0.4 is 20.5 Å². The number of rotatable bonds is 14. The number of hydrogen-bond donors (Lipinski definition) is 4. The number of aromatic nitrogens is 3. The molecule has 3 atom stereocenters. The Hall–Kier alpha value is -4.07. The fourth-order valence-electron chi connectivity index (χ4n) is 7.33. The molecule has 19 heteroatoms. The number of nitrogens with zero attached hydrogens (tertiary/aromatic N) is 4. The second-order valence-electron chi connectivity index (χ2n) is 14.2. The van der Waals surface area contributed by atoms with Gasteiger partial charge in [0, 0.05) is 39.0 Å². The van der Waals surface area contributed by atoms with Gasteiger partial charge in [-0.05, 0) is 50.5 Å². The molecule has 2 aliphatic heterocycles. The maximum absolute atomic E-state index is 14.7. The molecule has 1 aromatic carbocycles. The zero-order valence-electron chi connectivity index (χ0n) is 29.0. The molecule has 0 spiro atoms. The van der Waals surface area contributed by atoms with E-state index in [1.165, 1.54) is 29.6 Å². The number of amides is 3. The minimum Gasteiger partial charge on any atom is -0.435 e. The van der Waals surface area contributed by atoms with Gasteiger partial charge in [-0.1, -0.05) is 37.3 Å². The fourth-order valence-corrected chi connectivity index (χ4v) is 8.53. The summed E-state index contributed by atoms with van der Waals surface area (Å²) < 4.78 is 66.5. The van der Waals surface area contributed by atoms with E-state index in [0.29, 0.717) is 5.69 Å². The number of benzene rings is 1. The van der Waals surface area contributed by atoms with Crippen molar-refractivity contribution >= 4 is 33.5 Å². The van der Waals surface area contributed by atoms with Crippen LogP contribution in [0, 0.1) is 5.92 Å². The summed E-state index contributed by atoms with van der Waals surface area (Å²) in [5, 5.41) is 21.6. The van der Waals surface area contributed by atoms with E-state index in [1.54, 1.807) is 0 Å². The SMILES string of the molecule is CC(C)(O)c1cnnn1[C@H]1C[C@@H](C(=O)NC2(C(=O)C(N)=O)CCOCC2)N(C(=O)C(CC2CCCCC2)NS(=O)(=O)c2ccc(OC(F)F)cc2)C1. The molecular formula is C33H45F2N7O9S. The number of likely N-dealkylation sites (tertiary alicyclic amines) is 1. The van der Waals surface area contributed by atoms with E-state index in [0.717, 1.165) is 56.4 Å². The average molecular weight is 754 g/mol. The Morgan fingerprint density at radius 3 is 2.37 bits per heavy atom. The van der Waals surface area contributed by atoms with Crippen LogP contribution in [-0.2, 0) is 39.5 Å². The number of primary amides is 1. The maximum Gasteiger partial charge on any atom is 0.387 e. The minimum absolute atomic E-state index is 0.0197. The van der Waals surface area contributed by atoms with E-state index in [2.05, 4.69) is 25.1 Å². The molecule has 1 unspecified atom stereocenters. The highest BCUT2D eigenvalue weighted by molar-refractivity contribution is 7.89. The lowest BCUT2D eigenvalue weighted by Gasteiger charge is -2.37. The Morgan fingerprint density at radius 1 is 1.12 bits per heavy atom. The van der Waals surface area contributed by atoms with Gasteiger partial charge in [0.05, 0.1) is 22.8 Å². The molecule has 0 radical (unpaired) electrons. The van der Waals surface area contributed by atoms with Gasteiger partial charge in [-0.3, -0.25) is 19.2 Å². The van der Waals surface area contributed by atoms with Crippen LogP contribution in [0.25, 0.3) is 0 Å². The minimum atomic E-state index is -4.42. The third-order valence-corrected chi connectivity index (χ3v) is 11.5. The number of ketones is 1. The van der Waals surface area contributed by atoms with Crippen molar-refractivity contribution in [1.29, 1.82) is 0 Å². The van der Waals surface area contributed by atoms with Crippen LogP contribution in [0.2, 0.25) is 0 Å². The summed E-state index contributed by atoms with van der Waals surface area (Å²) >= 11 is 0. The zero-order chi connectivity index (χ0) is 37.8. The molecule has 2 aromatic rings. The summed E-state index contributed by atoms with van der Waals surface area (Å²) in [5.74, 6) is -4.02. The topological polar surface area (TPSA) is 225 Å². The number of sulfonamides is 1. The van der Waals surface area contributed by atoms with Gasteiger partial charge in [0.15, 0.2) is 0 Å². The maximum atomic E-state index is 14.7. The molecule has 3 heterocycles. The second-order valence-corrected chi connectivity index (χ2v) is 15.9. The molecule has 3 fully saturated rings.